The molecule has 0 fully saturated rings. The second kappa shape index (κ2) is 4.32. The van der Waals surface area contributed by atoms with Crippen LogP contribution in [0.25, 0.3) is 0 Å². The lowest BCUT2D eigenvalue weighted by Gasteiger charge is -2.07. The van der Waals surface area contributed by atoms with Crippen LogP contribution in [0.2, 0.25) is 0 Å². The molecule has 0 spiro atoms. The van der Waals surface area contributed by atoms with Crippen LogP contribution < -0.4 is 5.73 Å². The van der Waals surface area contributed by atoms with Crippen molar-refractivity contribution in [3.8, 4) is 0 Å². The maximum absolute atomic E-state index is 6.26. The van der Waals surface area contributed by atoms with Crippen molar-refractivity contribution in [1.82, 2.24) is 0 Å². The Kier molecular flexibility index (Phi) is 2.84. The summed E-state index contributed by atoms with van der Waals surface area (Å²) in [6.07, 6.45) is 4.85. The first kappa shape index (κ1) is 10.5. The summed E-state index contributed by atoms with van der Waals surface area (Å²) in [5.41, 5.74) is 7.82. The van der Waals surface area contributed by atoms with Crippen LogP contribution in [0.4, 0.5) is 0 Å². The Bertz CT molecular complexity index is 449. The van der Waals surface area contributed by atoms with Gasteiger partial charge in [0.25, 0.3) is 0 Å². The average molecular weight is 249 g/mol. The Morgan fingerprint density at radius 2 is 2.31 bits per heavy atom. The zero-order valence-corrected chi connectivity index (χ0v) is 10.7. The number of hydrogen-bond donors (Lipinski definition) is 1. The normalized spacial score (nSPS) is 16.3. The molecule has 2 N–H and O–H groups in total. The standard InChI is InChI=1S/C13H15NS2/c14-11(8-10-4-2-6-15-10)13-7-9-3-1-5-12(9)16-13/h2,4,6-7,11H,1,3,5,8,14H2. The Morgan fingerprint density at radius 3 is 3.06 bits per heavy atom. The molecule has 2 heterocycles. The van der Waals surface area contributed by atoms with Gasteiger partial charge in [-0.1, -0.05) is 6.07 Å². The third-order valence-electron chi connectivity index (χ3n) is 3.13. The molecule has 1 atom stereocenters. The smallest absolute Gasteiger partial charge is 0.0438 e. The van der Waals surface area contributed by atoms with Crippen molar-refractivity contribution in [2.75, 3.05) is 0 Å². The number of aryl methyl sites for hydroxylation is 2. The summed E-state index contributed by atoms with van der Waals surface area (Å²) < 4.78 is 0. The minimum atomic E-state index is 0.189. The lowest BCUT2D eigenvalue weighted by molar-refractivity contribution is 0.744. The molecule has 1 nitrogen and oxygen atoms in total. The molecule has 0 amide bonds. The first-order valence-electron chi connectivity index (χ1n) is 5.72. The van der Waals surface area contributed by atoms with E-state index in [1.807, 2.05) is 11.3 Å². The van der Waals surface area contributed by atoms with Crippen molar-refractivity contribution < 1.29 is 0 Å². The van der Waals surface area contributed by atoms with Gasteiger partial charge in [-0.15, -0.1) is 22.7 Å². The highest BCUT2D eigenvalue weighted by Gasteiger charge is 2.18. The van der Waals surface area contributed by atoms with Crippen molar-refractivity contribution in [2.24, 2.45) is 5.73 Å². The number of thiophene rings is 2. The van der Waals surface area contributed by atoms with Gasteiger partial charge in [0.2, 0.25) is 0 Å². The second-order valence-corrected chi connectivity index (χ2v) is 6.54. The molecule has 0 saturated heterocycles. The van der Waals surface area contributed by atoms with Gasteiger partial charge in [-0.3, -0.25) is 0 Å². The molecule has 1 aliphatic rings. The van der Waals surface area contributed by atoms with Crippen molar-refractivity contribution in [2.45, 2.75) is 31.7 Å². The molecule has 0 bridgehead atoms. The van der Waals surface area contributed by atoms with Crippen LogP contribution in [0.15, 0.2) is 23.6 Å². The lowest BCUT2D eigenvalue weighted by Crippen LogP contribution is -2.10. The van der Waals surface area contributed by atoms with Gasteiger partial charge >= 0.3 is 0 Å². The SMILES string of the molecule is NC(Cc1cccs1)c1cc2c(s1)CCC2. The molecule has 2 aromatic heterocycles. The quantitative estimate of drug-likeness (QED) is 0.884. The minimum Gasteiger partial charge on any atom is -0.323 e. The summed E-state index contributed by atoms with van der Waals surface area (Å²) in [7, 11) is 0. The fourth-order valence-electron chi connectivity index (χ4n) is 2.28. The summed E-state index contributed by atoms with van der Waals surface area (Å²) in [6, 6.07) is 6.80. The molecule has 1 unspecified atom stereocenters. The molecule has 0 radical (unpaired) electrons. The molecule has 3 heteroatoms. The number of hydrogen-bond acceptors (Lipinski definition) is 3. The molecule has 0 aliphatic heterocycles. The van der Waals surface area contributed by atoms with E-state index in [0.29, 0.717) is 0 Å². The van der Waals surface area contributed by atoms with Gasteiger partial charge in [0.05, 0.1) is 0 Å². The highest BCUT2D eigenvalue weighted by molar-refractivity contribution is 7.12. The van der Waals surface area contributed by atoms with E-state index in [1.54, 1.807) is 21.8 Å². The minimum absolute atomic E-state index is 0.189. The lowest BCUT2D eigenvalue weighted by atomic mass is 10.1. The monoisotopic (exact) mass is 249 g/mol. The van der Waals surface area contributed by atoms with Gasteiger partial charge in [0.15, 0.2) is 0 Å². The van der Waals surface area contributed by atoms with Gasteiger partial charge in [0.1, 0.15) is 0 Å². The molecule has 0 aromatic carbocycles. The van der Waals surface area contributed by atoms with Crippen LogP contribution in [0, 0.1) is 0 Å². The third kappa shape index (κ3) is 1.95. The van der Waals surface area contributed by atoms with Crippen LogP contribution in [0.1, 0.15) is 32.7 Å². The maximum Gasteiger partial charge on any atom is 0.0438 e. The molecule has 0 saturated carbocycles. The van der Waals surface area contributed by atoms with Crippen molar-refractivity contribution in [3.05, 3.63) is 43.8 Å². The van der Waals surface area contributed by atoms with E-state index >= 15 is 0 Å². The maximum atomic E-state index is 6.26. The summed E-state index contributed by atoms with van der Waals surface area (Å²) in [6.45, 7) is 0. The van der Waals surface area contributed by atoms with Gasteiger partial charge in [0, 0.05) is 27.1 Å². The Balaban J connectivity index is 1.76. The highest BCUT2D eigenvalue weighted by Crippen LogP contribution is 2.34. The fourth-order valence-corrected chi connectivity index (χ4v) is 4.30. The first-order chi connectivity index (χ1) is 7.83. The molecule has 2 aromatic rings. The number of fused-ring (bicyclic) bond motifs is 1. The van der Waals surface area contributed by atoms with E-state index in [2.05, 4.69) is 23.6 Å². The highest BCUT2D eigenvalue weighted by atomic mass is 32.1. The summed E-state index contributed by atoms with van der Waals surface area (Å²) >= 11 is 3.73. The molecule has 16 heavy (non-hydrogen) atoms. The summed E-state index contributed by atoms with van der Waals surface area (Å²) in [5, 5.41) is 2.12. The second-order valence-electron chi connectivity index (χ2n) is 4.34. The van der Waals surface area contributed by atoms with Gasteiger partial charge in [-0.2, -0.15) is 0 Å². The molecule has 1 aliphatic carbocycles. The Morgan fingerprint density at radius 1 is 1.38 bits per heavy atom. The zero-order chi connectivity index (χ0) is 11.0. The van der Waals surface area contributed by atoms with E-state index in [9.17, 15) is 0 Å². The van der Waals surface area contributed by atoms with Gasteiger partial charge < -0.3 is 5.73 Å². The summed E-state index contributed by atoms with van der Waals surface area (Å²) in [4.78, 5) is 4.34. The fraction of sp³-hybridized carbons (Fsp3) is 0.385. The van der Waals surface area contributed by atoms with E-state index in [4.69, 9.17) is 5.73 Å². The van der Waals surface area contributed by atoms with E-state index in [1.165, 1.54) is 29.0 Å². The van der Waals surface area contributed by atoms with Crippen molar-refractivity contribution in [3.63, 3.8) is 0 Å². The van der Waals surface area contributed by atoms with Crippen LogP contribution in [0.3, 0.4) is 0 Å². The first-order valence-corrected chi connectivity index (χ1v) is 7.42. The Hall–Kier alpha value is -0.640. The predicted octanol–water partition coefficient (Wildman–Crippen LogP) is 3.54. The number of nitrogens with two attached hydrogens (primary N) is 1. The topological polar surface area (TPSA) is 26.0 Å². The molecule has 84 valence electrons. The van der Waals surface area contributed by atoms with Gasteiger partial charge in [-0.25, -0.2) is 0 Å². The largest absolute Gasteiger partial charge is 0.323 e. The van der Waals surface area contributed by atoms with Crippen molar-refractivity contribution in [1.29, 1.82) is 0 Å². The Labute approximate surface area is 104 Å². The van der Waals surface area contributed by atoms with Crippen LogP contribution in [-0.2, 0) is 19.3 Å². The predicted molar refractivity (Wildman–Crippen MR) is 71.3 cm³/mol. The average Bonchev–Trinajstić information content (AvgIpc) is 2.91. The van der Waals surface area contributed by atoms with Gasteiger partial charge in [-0.05, 0) is 42.3 Å². The van der Waals surface area contributed by atoms with Crippen LogP contribution in [0.5, 0.6) is 0 Å². The van der Waals surface area contributed by atoms with E-state index in [-0.39, 0.29) is 6.04 Å². The summed E-state index contributed by atoms with van der Waals surface area (Å²) in [5.74, 6) is 0. The third-order valence-corrected chi connectivity index (χ3v) is 5.40. The molecular formula is C13H15NS2. The van der Waals surface area contributed by atoms with Crippen molar-refractivity contribution >= 4 is 22.7 Å². The van der Waals surface area contributed by atoms with Crippen LogP contribution in [-0.4, -0.2) is 0 Å². The molecular weight excluding hydrogens is 234 g/mol. The zero-order valence-electron chi connectivity index (χ0n) is 9.11. The van der Waals surface area contributed by atoms with Crippen LogP contribution >= 0.6 is 22.7 Å². The molecule has 3 rings (SSSR count). The van der Waals surface area contributed by atoms with E-state index in [0.717, 1.165) is 6.42 Å². The number of rotatable bonds is 3. The van der Waals surface area contributed by atoms with E-state index < -0.39 is 0 Å².